The Labute approximate surface area is 197 Å². The highest BCUT2D eigenvalue weighted by atomic mass is 32.1. The zero-order valence-corrected chi connectivity index (χ0v) is 19.9. The largest absolute Gasteiger partial charge is 0.389 e. The molecule has 1 aliphatic heterocycles. The number of β-amino-alcohol motifs (C(OH)–C–C–N with tert-alkyl or cyclic N) is 1. The number of carbonyl (C=O) groups excluding carboxylic acids is 1. The van der Waals surface area contributed by atoms with Crippen LogP contribution in [0.4, 0.5) is 0 Å². The second kappa shape index (κ2) is 8.15. The van der Waals surface area contributed by atoms with Crippen LogP contribution in [0.1, 0.15) is 48.1 Å². The molecule has 5 rings (SSSR count). The van der Waals surface area contributed by atoms with E-state index in [1.807, 2.05) is 45.0 Å². The van der Waals surface area contributed by atoms with Crippen LogP contribution in [0.2, 0.25) is 0 Å². The number of fused-ring (bicyclic) bond motifs is 2. The molecule has 0 bridgehead atoms. The van der Waals surface area contributed by atoms with Crippen LogP contribution in [0.3, 0.4) is 0 Å². The van der Waals surface area contributed by atoms with Crippen LogP contribution >= 0.6 is 11.3 Å². The molecule has 0 saturated carbocycles. The summed E-state index contributed by atoms with van der Waals surface area (Å²) in [5.74, 6) is -0.542. The number of aromatic nitrogens is 5. The Morgan fingerprint density at radius 1 is 1.24 bits per heavy atom. The van der Waals surface area contributed by atoms with Crippen LogP contribution in [0.15, 0.2) is 33.9 Å². The van der Waals surface area contributed by atoms with Gasteiger partial charge in [-0.25, -0.2) is 14.5 Å². The molecule has 1 aliphatic rings. The number of aliphatic hydroxyl groups excluding tert-OH is 1. The molecule has 12 heteroatoms. The SMILES string of the molecule is CC(c1sc2c(c1C(=O)N1C[C@H](O)CO1)c(=O)n(C)c(=O)n2C(C)C)n1nnc2ccccc21. The van der Waals surface area contributed by atoms with Crippen LogP contribution in [0.5, 0.6) is 0 Å². The van der Waals surface area contributed by atoms with Gasteiger partial charge in [0, 0.05) is 18.0 Å². The molecule has 0 aliphatic carbocycles. The molecule has 0 spiro atoms. The first-order valence-corrected chi connectivity index (χ1v) is 11.7. The number of para-hydroxylation sites is 1. The van der Waals surface area contributed by atoms with Crippen molar-refractivity contribution in [1.82, 2.24) is 29.2 Å². The summed E-state index contributed by atoms with van der Waals surface area (Å²) in [6.07, 6.45) is -0.814. The first-order chi connectivity index (χ1) is 16.2. The molecule has 11 nitrogen and oxygen atoms in total. The van der Waals surface area contributed by atoms with E-state index in [-0.39, 0.29) is 30.1 Å². The molecule has 4 aromatic rings. The minimum Gasteiger partial charge on any atom is -0.389 e. The molecule has 0 radical (unpaired) electrons. The van der Waals surface area contributed by atoms with Crippen molar-refractivity contribution in [2.24, 2.45) is 7.05 Å². The maximum Gasteiger partial charge on any atom is 0.332 e. The molecule has 4 heterocycles. The molecule has 1 amide bonds. The van der Waals surface area contributed by atoms with Crippen LogP contribution in [-0.2, 0) is 11.9 Å². The van der Waals surface area contributed by atoms with E-state index in [1.165, 1.54) is 23.0 Å². The zero-order valence-electron chi connectivity index (χ0n) is 19.1. The topological polar surface area (TPSA) is 124 Å². The minimum atomic E-state index is -0.814. The molecule has 178 valence electrons. The van der Waals surface area contributed by atoms with Gasteiger partial charge >= 0.3 is 5.69 Å². The Hall–Kier alpha value is -3.35. The number of aliphatic hydroxyl groups is 1. The van der Waals surface area contributed by atoms with E-state index in [0.29, 0.717) is 15.2 Å². The van der Waals surface area contributed by atoms with E-state index in [4.69, 9.17) is 4.84 Å². The standard InChI is InChI=1S/C22H24N6O5S/c1-11(2)27-21-17(19(30)25(4)22(27)32)16(20(31)26-9-13(29)10-33-26)18(34-21)12(3)28-15-8-6-5-7-14(15)23-24-28/h5-8,11-13,29H,9-10H2,1-4H3/t12?,13-/m0/s1. The van der Waals surface area contributed by atoms with Crippen molar-refractivity contribution < 1.29 is 14.7 Å². The van der Waals surface area contributed by atoms with Gasteiger partial charge in [-0.3, -0.25) is 23.6 Å². The number of rotatable bonds is 4. The van der Waals surface area contributed by atoms with Gasteiger partial charge in [0.15, 0.2) is 0 Å². The second-order valence-corrected chi connectivity index (χ2v) is 9.68. The summed E-state index contributed by atoms with van der Waals surface area (Å²) in [4.78, 5) is 46.3. The molecule has 1 unspecified atom stereocenters. The number of hydroxylamine groups is 2. The average Bonchev–Trinajstić information content (AvgIpc) is 3.53. The van der Waals surface area contributed by atoms with E-state index in [2.05, 4.69) is 10.3 Å². The molecule has 1 N–H and O–H groups in total. The summed E-state index contributed by atoms with van der Waals surface area (Å²) in [5.41, 5.74) is 0.609. The van der Waals surface area contributed by atoms with Gasteiger partial charge in [-0.1, -0.05) is 17.3 Å². The molecular formula is C22H24N6O5S. The van der Waals surface area contributed by atoms with Gasteiger partial charge in [-0.05, 0) is 32.9 Å². The number of hydrogen-bond donors (Lipinski definition) is 1. The Morgan fingerprint density at radius 2 is 1.97 bits per heavy atom. The third-order valence-corrected chi connectivity index (χ3v) is 7.39. The normalized spacial score (nSPS) is 17.4. The predicted molar refractivity (Wildman–Crippen MR) is 126 cm³/mol. The first-order valence-electron chi connectivity index (χ1n) is 10.9. The molecule has 1 saturated heterocycles. The van der Waals surface area contributed by atoms with Gasteiger partial charge in [-0.2, -0.15) is 0 Å². The highest BCUT2D eigenvalue weighted by Crippen LogP contribution is 2.37. The first kappa shape index (κ1) is 22.4. The fourth-order valence-electron chi connectivity index (χ4n) is 4.29. The van der Waals surface area contributed by atoms with Gasteiger partial charge in [-0.15, -0.1) is 16.4 Å². The number of benzene rings is 1. The summed E-state index contributed by atoms with van der Waals surface area (Å²) >= 11 is 1.21. The van der Waals surface area contributed by atoms with Crippen molar-refractivity contribution in [2.45, 2.75) is 39.0 Å². The number of hydrogen-bond acceptors (Lipinski definition) is 8. The van der Waals surface area contributed by atoms with Crippen LogP contribution < -0.4 is 11.2 Å². The lowest BCUT2D eigenvalue weighted by molar-refractivity contribution is -0.0779. The Morgan fingerprint density at radius 3 is 2.65 bits per heavy atom. The summed E-state index contributed by atoms with van der Waals surface area (Å²) < 4.78 is 4.23. The molecule has 34 heavy (non-hydrogen) atoms. The molecule has 1 fully saturated rings. The summed E-state index contributed by atoms with van der Waals surface area (Å²) in [7, 11) is 1.40. The van der Waals surface area contributed by atoms with Crippen molar-refractivity contribution >= 4 is 38.5 Å². The Bertz CT molecular complexity index is 1550. The van der Waals surface area contributed by atoms with Crippen LogP contribution in [0.25, 0.3) is 21.3 Å². The summed E-state index contributed by atoms with van der Waals surface area (Å²) in [6, 6.07) is 6.73. The number of thiophene rings is 1. The lowest BCUT2D eigenvalue weighted by Gasteiger charge is -2.17. The van der Waals surface area contributed by atoms with E-state index in [9.17, 15) is 19.5 Å². The van der Waals surface area contributed by atoms with E-state index < -0.39 is 29.3 Å². The molecule has 3 aromatic heterocycles. The van der Waals surface area contributed by atoms with E-state index >= 15 is 0 Å². The van der Waals surface area contributed by atoms with Gasteiger partial charge in [0.05, 0.1) is 29.1 Å². The van der Waals surface area contributed by atoms with Crippen molar-refractivity contribution in [3.05, 3.63) is 55.5 Å². The zero-order chi connectivity index (χ0) is 24.3. The van der Waals surface area contributed by atoms with Crippen LogP contribution in [0, 0.1) is 0 Å². The quantitative estimate of drug-likeness (QED) is 0.465. The number of carbonyl (C=O) groups is 1. The third kappa shape index (κ3) is 3.29. The smallest absolute Gasteiger partial charge is 0.332 e. The van der Waals surface area contributed by atoms with Gasteiger partial charge in [0.2, 0.25) is 0 Å². The van der Waals surface area contributed by atoms with Gasteiger partial charge in [0.1, 0.15) is 23.1 Å². The van der Waals surface area contributed by atoms with E-state index in [0.717, 1.165) is 15.1 Å². The number of amides is 1. The maximum atomic E-state index is 13.7. The summed E-state index contributed by atoms with van der Waals surface area (Å²) in [6.45, 7) is 5.53. The van der Waals surface area contributed by atoms with Gasteiger partial charge in [0.25, 0.3) is 11.5 Å². The highest BCUT2D eigenvalue weighted by molar-refractivity contribution is 7.19. The molecular weight excluding hydrogens is 460 g/mol. The monoisotopic (exact) mass is 484 g/mol. The second-order valence-electron chi connectivity index (χ2n) is 8.65. The highest BCUT2D eigenvalue weighted by Gasteiger charge is 2.35. The molecule has 1 aromatic carbocycles. The lowest BCUT2D eigenvalue weighted by atomic mass is 10.1. The minimum absolute atomic E-state index is 0.0128. The average molecular weight is 485 g/mol. The predicted octanol–water partition coefficient (Wildman–Crippen LogP) is 1.44. The van der Waals surface area contributed by atoms with Crippen molar-refractivity contribution in [1.29, 1.82) is 0 Å². The fourth-order valence-corrected chi connectivity index (χ4v) is 5.74. The summed E-state index contributed by atoms with van der Waals surface area (Å²) in [5, 5.41) is 19.6. The fraction of sp³-hybridized carbons (Fsp3) is 0.409. The third-order valence-electron chi connectivity index (χ3n) is 6.03. The van der Waals surface area contributed by atoms with Gasteiger partial charge < -0.3 is 5.11 Å². The Balaban J connectivity index is 1.82. The lowest BCUT2D eigenvalue weighted by Crippen LogP contribution is -2.39. The van der Waals surface area contributed by atoms with Crippen molar-refractivity contribution in [2.75, 3.05) is 13.2 Å². The maximum absolute atomic E-state index is 13.7. The van der Waals surface area contributed by atoms with Crippen molar-refractivity contribution in [3.63, 3.8) is 0 Å². The number of nitrogens with zero attached hydrogens (tertiary/aromatic N) is 6. The Kier molecular flexibility index (Phi) is 5.38. The van der Waals surface area contributed by atoms with E-state index in [1.54, 1.807) is 4.68 Å². The van der Waals surface area contributed by atoms with Crippen molar-refractivity contribution in [3.8, 4) is 0 Å². The molecule has 2 atom stereocenters. The van der Waals surface area contributed by atoms with Crippen LogP contribution in [-0.4, -0.2) is 59.5 Å².